The van der Waals surface area contributed by atoms with Crippen LogP contribution in [0.25, 0.3) is 0 Å². The molecule has 1 N–H and O–H groups in total. The number of thiazole rings is 1. The molecule has 3 atom stereocenters. The van der Waals surface area contributed by atoms with Gasteiger partial charge in [0.1, 0.15) is 0 Å². The second-order valence-electron chi connectivity index (χ2n) is 4.81. The third kappa shape index (κ3) is 2.27. The third-order valence-electron chi connectivity index (χ3n) is 3.71. The zero-order valence-electron chi connectivity index (χ0n) is 9.63. The highest BCUT2D eigenvalue weighted by Crippen LogP contribution is 2.51. The molecule has 0 saturated heterocycles. The van der Waals surface area contributed by atoms with Gasteiger partial charge in [-0.15, -0.1) is 11.3 Å². The van der Waals surface area contributed by atoms with E-state index in [1.54, 1.807) is 6.20 Å². The van der Waals surface area contributed by atoms with Gasteiger partial charge in [-0.05, 0) is 31.1 Å². The lowest BCUT2D eigenvalue weighted by Gasteiger charge is -2.00. The van der Waals surface area contributed by atoms with Crippen LogP contribution in [0.15, 0.2) is 23.7 Å². The summed E-state index contributed by atoms with van der Waals surface area (Å²) in [4.78, 5) is 16.2. The molecule has 4 heteroatoms. The van der Waals surface area contributed by atoms with E-state index in [-0.39, 0.29) is 11.8 Å². The average molecular weight is 248 g/mol. The van der Waals surface area contributed by atoms with Crippen molar-refractivity contribution in [3.8, 4) is 0 Å². The fraction of sp³-hybridized carbons (Fsp3) is 0.538. The van der Waals surface area contributed by atoms with Crippen molar-refractivity contribution in [1.82, 2.24) is 4.98 Å². The van der Waals surface area contributed by atoms with Crippen molar-refractivity contribution in [1.29, 1.82) is 0 Å². The van der Waals surface area contributed by atoms with E-state index in [9.17, 15) is 4.79 Å². The molecule has 0 spiro atoms. The molecule has 0 unspecified atom stereocenters. The first-order valence-electron chi connectivity index (χ1n) is 6.23. The molecule has 2 aliphatic carbocycles. The number of hydrogen-bond acceptors (Lipinski definition) is 3. The van der Waals surface area contributed by atoms with Gasteiger partial charge in [0.05, 0.1) is 0 Å². The minimum absolute atomic E-state index is 0.154. The molecule has 17 heavy (non-hydrogen) atoms. The number of rotatable bonds is 2. The lowest BCUT2D eigenvalue weighted by atomic mass is 10.1. The number of nitrogens with one attached hydrogen (secondary N) is 1. The monoisotopic (exact) mass is 248 g/mol. The normalized spacial score (nSPS) is 31.2. The zero-order chi connectivity index (χ0) is 11.7. The van der Waals surface area contributed by atoms with E-state index in [0.717, 1.165) is 5.13 Å². The maximum Gasteiger partial charge on any atom is 0.230 e. The Hall–Kier alpha value is -1.16. The van der Waals surface area contributed by atoms with Crippen molar-refractivity contribution in [2.75, 3.05) is 5.32 Å². The second kappa shape index (κ2) is 4.61. The molecule has 1 aromatic rings. The standard InChI is InChI=1S/C13H16N2OS/c16-12(15-13-14-7-8-17-13)11-9-5-3-1-2-4-6-10(9)11/h3,5,7-11H,1-2,4,6H2,(H,14,15,16)/t9-,10+,11-/m1/s1. The molecule has 3 rings (SSSR count). The molecule has 0 bridgehead atoms. The summed E-state index contributed by atoms with van der Waals surface area (Å²) in [6, 6.07) is 0. The quantitative estimate of drug-likeness (QED) is 0.817. The maximum atomic E-state index is 12.1. The van der Waals surface area contributed by atoms with Crippen molar-refractivity contribution in [3.63, 3.8) is 0 Å². The van der Waals surface area contributed by atoms with Gasteiger partial charge in [-0.2, -0.15) is 0 Å². The van der Waals surface area contributed by atoms with Crippen molar-refractivity contribution in [2.45, 2.75) is 25.7 Å². The Morgan fingerprint density at radius 3 is 3.24 bits per heavy atom. The number of allylic oxidation sites excluding steroid dienone is 2. The van der Waals surface area contributed by atoms with E-state index in [0.29, 0.717) is 11.8 Å². The van der Waals surface area contributed by atoms with E-state index in [4.69, 9.17) is 0 Å². The van der Waals surface area contributed by atoms with Crippen LogP contribution in [-0.2, 0) is 4.79 Å². The Bertz CT molecular complexity index is 427. The summed E-state index contributed by atoms with van der Waals surface area (Å²) in [5, 5.41) is 5.52. The van der Waals surface area contributed by atoms with Gasteiger partial charge in [0, 0.05) is 17.5 Å². The molecule has 2 aliphatic rings. The van der Waals surface area contributed by atoms with Gasteiger partial charge < -0.3 is 5.32 Å². The summed E-state index contributed by atoms with van der Waals surface area (Å²) >= 11 is 1.48. The second-order valence-corrected chi connectivity index (χ2v) is 5.70. The number of fused-ring (bicyclic) bond motifs is 1. The molecule has 90 valence electrons. The maximum absolute atomic E-state index is 12.1. The lowest BCUT2D eigenvalue weighted by molar-refractivity contribution is -0.117. The zero-order valence-corrected chi connectivity index (χ0v) is 10.5. The molecular formula is C13H16N2OS. The van der Waals surface area contributed by atoms with Crippen LogP contribution < -0.4 is 5.32 Å². The minimum atomic E-state index is 0.154. The van der Waals surface area contributed by atoms with Crippen LogP contribution in [0.1, 0.15) is 25.7 Å². The number of aromatic nitrogens is 1. The molecule has 1 heterocycles. The minimum Gasteiger partial charge on any atom is -0.302 e. The Morgan fingerprint density at radius 1 is 1.47 bits per heavy atom. The van der Waals surface area contributed by atoms with Crippen LogP contribution in [0.2, 0.25) is 0 Å². The first-order chi connectivity index (χ1) is 8.36. The number of nitrogens with zero attached hydrogens (tertiary/aromatic N) is 1. The summed E-state index contributed by atoms with van der Waals surface area (Å²) in [7, 11) is 0. The largest absolute Gasteiger partial charge is 0.302 e. The number of anilines is 1. The number of carbonyl (C=O) groups is 1. The Balaban J connectivity index is 1.64. The molecule has 1 amide bonds. The summed E-state index contributed by atoms with van der Waals surface area (Å²) in [5.41, 5.74) is 0. The Kier molecular flexibility index (Phi) is 2.97. The van der Waals surface area contributed by atoms with Crippen LogP contribution in [0.3, 0.4) is 0 Å². The molecule has 1 saturated carbocycles. The predicted molar refractivity (Wildman–Crippen MR) is 68.8 cm³/mol. The first-order valence-corrected chi connectivity index (χ1v) is 7.11. The highest BCUT2D eigenvalue weighted by molar-refractivity contribution is 7.13. The first kappa shape index (κ1) is 11.0. The Labute approximate surface area is 105 Å². The van der Waals surface area contributed by atoms with E-state index < -0.39 is 0 Å². The van der Waals surface area contributed by atoms with Gasteiger partial charge in [-0.25, -0.2) is 4.98 Å². The van der Waals surface area contributed by atoms with Crippen LogP contribution in [0.5, 0.6) is 0 Å². The molecular weight excluding hydrogens is 232 g/mol. The molecule has 0 aliphatic heterocycles. The lowest BCUT2D eigenvalue weighted by Crippen LogP contribution is -2.15. The van der Waals surface area contributed by atoms with Gasteiger partial charge in [0.15, 0.2) is 5.13 Å². The number of hydrogen-bond donors (Lipinski definition) is 1. The van der Waals surface area contributed by atoms with Gasteiger partial charge in [0.2, 0.25) is 5.91 Å². The van der Waals surface area contributed by atoms with E-state index in [1.807, 2.05) is 5.38 Å². The predicted octanol–water partition coefficient (Wildman–Crippen LogP) is 3.07. The molecule has 3 nitrogen and oxygen atoms in total. The molecule has 0 radical (unpaired) electrons. The topological polar surface area (TPSA) is 42.0 Å². The van der Waals surface area contributed by atoms with Crippen LogP contribution in [-0.4, -0.2) is 10.9 Å². The van der Waals surface area contributed by atoms with Gasteiger partial charge in [-0.3, -0.25) is 4.79 Å². The van der Waals surface area contributed by atoms with Gasteiger partial charge in [0.25, 0.3) is 0 Å². The fourth-order valence-corrected chi connectivity index (χ4v) is 3.31. The van der Waals surface area contributed by atoms with Crippen molar-refractivity contribution in [2.24, 2.45) is 17.8 Å². The number of amides is 1. The van der Waals surface area contributed by atoms with Crippen LogP contribution in [0.4, 0.5) is 5.13 Å². The highest BCUT2D eigenvalue weighted by atomic mass is 32.1. The Morgan fingerprint density at radius 2 is 2.41 bits per heavy atom. The van der Waals surface area contributed by atoms with E-state index in [2.05, 4.69) is 22.5 Å². The van der Waals surface area contributed by atoms with Crippen molar-refractivity contribution >= 4 is 22.4 Å². The molecule has 0 aromatic carbocycles. The highest BCUT2D eigenvalue weighted by Gasteiger charge is 2.52. The SMILES string of the molecule is O=C(Nc1nccs1)[C@@H]1[C@@H]2C=CCCCC[C@@H]21. The smallest absolute Gasteiger partial charge is 0.230 e. The summed E-state index contributed by atoms with van der Waals surface area (Å²) in [6.45, 7) is 0. The average Bonchev–Trinajstić information content (AvgIpc) is 2.72. The molecule has 1 fully saturated rings. The van der Waals surface area contributed by atoms with E-state index in [1.165, 1.54) is 37.0 Å². The fourth-order valence-electron chi connectivity index (χ4n) is 2.77. The van der Waals surface area contributed by atoms with Crippen LogP contribution >= 0.6 is 11.3 Å². The number of carbonyl (C=O) groups excluding carboxylic acids is 1. The third-order valence-corrected chi connectivity index (χ3v) is 4.40. The van der Waals surface area contributed by atoms with Crippen molar-refractivity contribution < 1.29 is 4.79 Å². The summed E-state index contributed by atoms with van der Waals surface area (Å²) in [5.74, 6) is 1.40. The van der Waals surface area contributed by atoms with Gasteiger partial charge in [-0.1, -0.05) is 18.6 Å². The van der Waals surface area contributed by atoms with E-state index >= 15 is 0 Å². The van der Waals surface area contributed by atoms with Crippen LogP contribution in [0, 0.1) is 17.8 Å². The summed E-state index contributed by atoms with van der Waals surface area (Å²) in [6.07, 6.45) is 11.1. The summed E-state index contributed by atoms with van der Waals surface area (Å²) < 4.78 is 0. The van der Waals surface area contributed by atoms with Crippen molar-refractivity contribution in [3.05, 3.63) is 23.7 Å². The molecule has 1 aromatic heterocycles. The van der Waals surface area contributed by atoms with Gasteiger partial charge >= 0.3 is 0 Å².